The lowest BCUT2D eigenvalue weighted by Gasteiger charge is -2.24. The summed E-state index contributed by atoms with van der Waals surface area (Å²) in [5.41, 5.74) is 2.06. The van der Waals surface area contributed by atoms with E-state index in [-0.39, 0.29) is 24.0 Å². The molecule has 5 heteroatoms. The molecule has 0 aliphatic rings. The second-order valence-electron chi connectivity index (χ2n) is 8.18. The molecule has 1 aromatic carbocycles. The number of nitrogens with one attached hydrogen (secondary N) is 3. The molecular formula is C20H33N3O2. The van der Waals surface area contributed by atoms with E-state index in [1.165, 1.54) is 5.56 Å². The molecule has 5 nitrogen and oxygen atoms in total. The zero-order valence-corrected chi connectivity index (χ0v) is 16.6. The molecule has 0 saturated heterocycles. The number of carbonyl (C=O) groups excluding carboxylic acids is 2. The van der Waals surface area contributed by atoms with Crippen molar-refractivity contribution in [3.63, 3.8) is 0 Å². The summed E-state index contributed by atoms with van der Waals surface area (Å²) in [4.78, 5) is 23.8. The third-order valence-electron chi connectivity index (χ3n) is 3.85. The third-order valence-corrected chi connectivity index (χ3v) is 3.85. The fraction of sp³-hybridized carbons (Fsp3) is 0.600. The van der Waals surface area contributed by atoms with Gasteiger partial charge in [-0.05, 0) is 43.7 Å². The van der Waals surface area contributed by atoms with Gasteiger partial charge in [-0.15, -0.1) is 0 Å². The molecule has 3 amide bonds. The average molecular weight is 348 g/mol. The minimum Gasteiger partial charge on any atom is -0.333 e. The second-order valence-corrected chi connectivity index (χ2v) is 8.18. The molecule has 0 heterocycles. The molecule has 1 aromatic rings. The normalized spacial score (nSPS) is 13.0. The summed E-state index contributed by atoms with van der Waals surface area (Å²) in [5.74, 6) is 0.471. The third kappa shape index (κ3) is 7.69. The van der Waals surface area contributed by atoms with Crippen LogP contribution in [0.1, 0.15) is 71.6 Å². The number of benzene rings is 1. The van der Waals surface area contributed by atoms with Crippen LogP contribution in [0, 0.1) is 5.92 Å². The van der Waals surface area contributed by atoms with Crippen molar-refractivity contribution in [3.8, 4) is 0 Å². The number of imide groups is 1. The Balaban J connectivity index is 2.64. The predicted octanol–water partition coefficient (Wildman–Crippen LogP) is 3.72. The maximum atomic E-state index is 12.0. The zero-order chi connectivity index (χ0) is 19.2. The van der Waals surface area contributed by atoms with E-state index in [0.29, 0.717) is 11.8 Å². The van der Waals surface area contributed by atoms with Crippen LogP contribution < -0.4 is 16.0 Å². The molecule has 0 fully saturated rings. The average Bonchev–Trinajstić information content (AvgIpc) is 2.45. The van der Waals surface area contributed by atoms with Gasteiger partial charge in [0.25, 0.3) is 0 Å². The first-order valence-electron chi connectivity index (χ1n) is 8.95. The highest BCUT2D eigenvalue weighted by Gasteiger charge is 2.19. The Bertz CT molecular complexity index is 572. The Hall–Kier alpha value is -1.88. The number of rotatable bonds is 6. The van der Waals surface area contributed by atoms with Crippen molar-refractivity contribution < 1.29 is 9.59 Å². The van der Waals surface area contributed by atoms with Crippen LogP contribution in [0.4, 0.5) is 4.79 Å². The highest BCUT2D eigenvalue weighted by Crippen LogP contribution is 2.23. The van der Waals surface area contributed by atoms with E-state index in [9.17, 15) is 9.59 Å². The van der Waals surface area contributed by atoms with Crippen LogP contribution in [0.2, 0.25) is 0 Å². The van der Waals surface area contributed by atoms with Gasteiger partial charge in [0.15, 0.2) is 0 Å². The van der Waals surface area contributed by atoms with E-state index in [2.05, 4.69) is 67.9 Å². The number of hydrogen-bond donors (Lipinski definition) is 3. The van der Waals surface area contributed by atoms with Crippen molar-refractivity contribution in [2.45, 2.75) is 66.0 Å². The summed E-state index contributed by atoms with van der Waals surface area (Å²) in [7, 11) is 0. The van der Waals surface area contributed by atoms with Gasteiger partial charge in [0.2, 0.25) is 5.91 Å². The zero-order valence-electron chi connectivity index (χ0n) is 16.6. The van der Waals surface area contributed by atoms with Gasteiger partial charge in [-0.25, -0.2) is 4.79 Å². The fourth-order valence-electron chi connectivity index (χ4n) is 2.57. The van der Waals surface area contributed by atoms with Crippen LogP contribution in [-0.2, 0) is 4.79 Å². The smallest absolute Gasteiger partial charge is 0.321 e. The largest absolute Gasteiger partial charge is 0.333 e. The van der Waals surface area contributed by atoms with Crippen molar-refractivity contribution in [2.24, 2.45) is 5.92 Å². The van der Waals surface area contributed by atoms with E-state index < -0.39 is 6.03 Å². The molecule has 1 rings (SSSR count). The van der Waals surface area contributed by atoms with Crippen molar-refractivity contribution in [3.05, 3.63) is 35.4 Å². The standard InChI is InChI=1S/C20H33N3O2/c1-13(2)15-8-10-16(11-9-15)18(14(3)4)21-12-17(24)22-19(25)23-20(5,6)7/h8-11,13-14,18,21H,12H2,1-7H3,(H2,22,23,24,25)/t18-/m1/s1. The monoisotopic (exact) mass is 347 g/mol. The summed E-state index contributed by atoms with van der Waals surface area (Å²) in [5, 5.41) is 8.33. The number of amides is 3. The number of carbonyl (C=O) groups is 2. The van der Waals surface area contributed by atoms with Crippen molar-refractivity contribution in [1.29, 1.82) is 0 Å². The van der Waals surface area contributed by atoms with Crippen LogP contribution in [-0.4, -0.2) is 24.0 Å². The molecule has 1 atom stereocenters. The highest BCUT2D eigenvalue weighted by atomic mass is 16.2. The number of urea groups is 1. The first-order chi connectivity index (χ1) is 11.5. The van der Waals surface area contributed by atoms with E-state index in [4.69, 9.17) is 0 Å². The van der Waals surface area contributed by atoms with E-state index in [0.717, 1.165) is 5.56 Å². The van der Waals surface area contributed by atoms with Gasteiger partial charge >= 0.3 is 6.03 Å². The molecule has 0 spiro atoms. The molecule has 0 aliphatic carbocycles. The summed E-state index contributed by atoms with van der Waals surface area (Å²) >= 11 is 0. The lowest BCUT2D eigenvalue weighted by molar-refractivity contribution is -0.119. The Morgan fingerprint density at radius 2 is 1.48 bits per heavy atom. The van der Waals surface area contributed by atoms with Crippen LogP contribution in [0.5, 0.6) is 0 Å². The van der Waals surface area contributed by atoms with E-state index in [1.54, 1.807) is 0 Å². The summed E-state index contributed by atoms with van der Waals surface area (Å²) in [6, 6.07) is 8.07. The van der Waals surface area contributed by atoms with Gasteiger partial charge in [-0.1, -0.05) is 52.0 Å². The van der Waals surface area contributed by atoms with Gasteiger partial charge in [0.1, 0.15) is 0 Å². The first kappa shape index (κ1) is 21.2. The molecular weight excluding hydrogens is 314 g/mol. The molecule has 0 aliphatic heterocycles. The van der Waals surface area contributed by atoms with Gasteiger partial charge in [-0.2, -0.15) is 0 Å². The summed E-state index contributed by atoms with van der Waals surface area (Å²) in [6.07, 6.45) is 0. The SMILES string of the molecule is CC(C)c1ccc([C@H](NCC(=O)NC(=O)NC(C)(C)C)C(C)C)cc1. The van der Waals surface area contributed by atoms with Crippen molar-refractivity contribution in [1.82, 2.24) is 16.0 Å². The van der Waals surface area contributed by atoms with Crippen molar-refractivity contribution >= 4 is 11.9 Å². The molecule has 0 saturated carbocycles. The molecule has 140 valence electrons. The van der Waals surface area contributed by atoms with Crippen molar-refractivity contribution in [2.75, 3.05) is 6.54 Å². The van der Waals surface area contributed by atoms with Gasteiger partial charge in [0, 0.05) is 11.6 Å². The topological polar surface area (TPSA) is 70.2 Å². The lowest BCUT2D eigenvalue weighted by atomic mass is 9.93. The fourth-order valence-corrected chi connectivity index (χ4v) is 2.57. The maximum Gasteiger partial charge on any atom is 0.321 e. The Morgan fingerprint density at radius 1 is 0.960 bits per heavy atom. The Kier molecular flexibility index (Phi) is 7.61. The summed E-state index contributed by atoms with van der Waals surface area (Å²) in [6.45, 7) is 14.2. The van der Waals surface area contributed by atoms with Crippen LogP contribution in [0.3, 0.4) is 0 Å². The quantitative estimate of drug-likeness (QED) is 0.734. The first-order valence-corrected chi connectivity index (χ1v) is 8.95. The Labute approximate surface area is 152 Å². The predicted molar refractivity (Wildman–Crippen MR) is 103 cm³/mol. The second kappa shape index (κ2) is 8.99. The van der Waals surface area contributed by atoms with Crippen LogP contribution >= 0.6 is 0 Å². The molecule has 0 radical (unpaired) electrons. The molecule has 0 aromatic heterocycles. The van der Waals surface area contributed by atoms with Gasteiger partial charge in [0.05, 0.1) is 6.54 Å². The molecule has 0 unspecified atom stereocenters. The minimum absolute atomic E-state index is 0.0534. The van der Waals surface area contributed by atoms with Crippen LogP contribution in [0.25, 0.3) is 0 Å². The summed E-state index contributed by atoms with van der Waals surface area (Å²) < 4.78 is 0. The maximum absolute atomic E-state index is 12.0. The van der Waals surface area contributed by atoms with E-state index in [1.807, 2.05) is 20.8 Å². The highest BCUT2D eigenvalue weighted by molar-refractivity contribution is 5.95. The lowest BCUT2D eigenvalue weighted by Crippen LogP contribution is -2.50. The molecule has 0 bridgehead atoms. The van der Waals surface area contributed by atoms with Gasteiger partial charge in [-0.3, -0.25) is 10.1 Å². The van der Waals surface area contributed by atoms with Gasteiger partial charge < -0.3 is 10.6 Å². The minimum atomic E-state index is -0.471. The van der Waals surface area contributed by atoms with Crippen LogP contribution in [0.15, 0.2) is 24.3 Å². The molecule has 25 heavy (non-hydrogen) atoms. The number of hydrogen-bond acceptors (Lipinski definition) is 3. The van der Waals surface area contributed by atoms with E-state index >= 15 is 0 Å². The Morgan fingerprint density at radius 3 is 1.92 bits per heavy atom. The molecule has 3 N–H and O–H groups in total.